The summed E-state index contributed by atoms with van der Waals surface area (Å²) in [5, 5.41) is 12.1. The van der Waals surface area contributed by atoms with Crippen molar-refractivity contribution in [1.29, 1.82) is 0 Å². The van der Waals surface area contributed by atoms with E-state index in [0.29, 0.717) is 0 Å². The first kappa shape index (κ1) is 21.7. The minimum absolute atomic E-state index is 0.150. The van der Waals surface area contributed by atoms with Gasteiger partial charge in [0.25, 0.3) is 0 Å². The Labute approximate surface area is 154 Å². The van der Waals surface area contributed by atoms with Crippen molar-refractivity contribution in [2.45, 2.75) is 59.1 Å². The Hall–Kier alpha value is -2.37. The SMILES string of the molecule is CC(C)[C@H](NC(=O)OC(C)(C)C)C(=O)C[C@@H](Cc1ccccc1)C(=O)O. The Morgan fingerprint density at radius 3 is 2.15 bits per heavy atom. The van der Waals surface area contributed by atoms with Gasteiger partial charge in [-0.1, -0.05) is 44.2 Å². The highest BCUT2D eigenvalue weighted by molar-refractivity contribution is 5.90. The number of carboxylic acid groups (broad SMARTS) is 1. The average molecular weight is 363 g/mol. The first-order chi connectivity index (χ1) is 12.0. The molecule has 0 aromatic heterocycles. The molecule has 0 radical (unpaired) electrons. The van der Waals surface area contributed by atoms with Crippen LogP contribution in [0.25, 0.3) is 0 Å². The summed E-state index contributed by atoms with van der Waals surface area (Å²) in [7, 11) is 0. The monoisotopic (exact) mass is 363 g/mol. The third kappa shape index (κ3) is 7.68. The lowest BCUT2D eigenvalue weighted by atomic mass is 9.89. The molecule has 144 valence electrons. The quantitative estimate of drug-likeness (QED) is 0.738. The number of carbonyl (C=O) groups excluding carboxylic acids is 2. The molecule has 0 saturated carbocycles. The number of ether oxygens (including phenoxy) is 1. The molecule has 2 N–H and O–H groups in total. The largest absolute Gasteiger partial charge is 0.481 e. The highest BCUT2D eigenvalue weighted by Gasteiger charge is 2.30. The first-order valence-corrected chi connectivity index (χ1v) is 8.78. The summed E-state index contributed by atoms with van der Waals surface area (Å²) < 4.78 is 5.20. The van der Waals surface area contributed by atoms with Gasteiger partial charge in [0.2, 0.25) is 0 Å². The van der Waals surface area contributed by atoms with Gasteiger partial charge in [-0.25, -0.2) is 4.79 Å². The van der Waals surface area contributed by atoms with E-state index >= 15 is 0 Å². The summed E-state index contributed by atoms with van der Waals surface area (Å²) >= 11 is 0. The van der Waals surface area contributed by atoms with Crippen LogP contribution in [-0.2, 0) is 20.7 Å². The number of Topliss-reactive ketones (excluding diaryl/α,β-unsaturated/α-hetero) is 1. The number of rotatable bonds is 8. The average Bonchev–Trinajstić information content (AvgIpc) is 2.50. The Morgan fingerprint density at radius 2 is 1.69 bits per heavy atom. The zero-order valence-electron chi connectivity index (χ0n) is 16.1. The van der Waals surface area contributed by atoms with Gasteiger partial charge in [0.15, 0.2) is 5.78 Å². The fraction of sp³-hybridized carbons (Fsp3) is 0.550. The Bertz CT molecular complexity index is 619. The van der Waals surface area contributed by atoms with Gasteiger partial charge in [-0.15, -0.1) is 0 Å². The van der Waals surface area contributed by atoms with E-state index in [1.54, 1.807) is 34.6 Å². The van der Waals surface area contributed by atoms with Crippen LogP contribution >= 0.6 is 0 Å². The second-order valence-corrected chi connectivity index (χ2v) is 7.76. The van der Waals surface area contributed by atoms with Crippen LogP contribution in [-0.4, -0.2) is 34.6 Å². The van der Waals surface area contributed by atoms with Crippen LogP contribution in [0, 0.1) is 11.8 Å². The first-order valence-electron chi connectivity index (χ1n) is 8.78. The lowest BCUT2D eigenvalue weighted by molar-refractivity contribution is -0.144. The molecule has 1 aromatic rings. The van der Waals surface area contributed by atoms with E-state index in [4.69, 9.17) is 4.74 Å². The predicted molar refractivity (Wildman–Crippen MR) is 98.9 cm³/mol. The number of ketones is 1. The van der Waals surface area contributed by atoms with Crippen molar-refractivity contribution in [3.05, 3.63) is 35.9 Å². The second-order valence-electron chi connectivity index (χ2n) is 7.76. The minimum atomic E-state index is -1.03. The van der Waals surface area contributed by atoms with Crippen LogP contribution in [0.1, 0.15) is 46.6 Å². The van der Waals surface area contributed by atoms with Gasteiger partial charge >= 0.3 is 12.1 Å². The summed E-state index contributed by atoms with van der Waals surface area (Å²) in [6, 6.07) is 8.39. The van der Waals surface area contributed by atoms with E-state index in [0.717, 1.165) is 5.56 Å². The van der Waals surface area contributed by atoms with E-state index in [-0.39, 0.29) is 24.5 Å². The van der Waals surface area contributed by atoms with Crippen LogP contribution in [0.4, 0.5) is 4.79 Å². The maximum absolute atomic E-state index is 12.7. The van der Waals surface area contributed by atoms with Crippen molar-refractivity contribution < 1.29 is 24.2 Å². The van der Waals surface area contributed by atoms with E-state index < -0.39 is 29.6 Å². The molecule has 0 fully saturated rings. The Balaban J connectivity index is 2.80. The van der Waals surface area contributed by atoms with Crippen molar-refractivity contribution in [1.82, 2.24) is 5.32 Å². The maximum Gasteiger partial charge on any atom is 0.408 e. The number of benzene rings is 1. The molecular formula is C20H29NO5. The molecule has 0 aliphatic heterocycles. The van der Waals surface area contributed by atoms with Gasteiger partial charge in [0, 0.05) is 6.42 Å². The van der Waals surface area contributed by atoms with Crippen LogP contribution in [0.5, 0.6) is 0 Å². The zero-order chi connectivity index (χ0) is 19.9. The zero-order valence-corrected chi connectivity index (χ0v) is 16.1. The topological polar surface area (TPSA) is 92.7 Å². The molecule has 1 aromatic carbocycles. The normalized spacial score (nSPS) is 13.8. The molecule has 0 aliphatic carbocycles. The predicted octanol–water partition coefficient (Wildman–Crippen LogP) is 3.44. The molecule has 1 rings (SSSR count). The van der Waals surface area contributed by atoms with Gasteiger partial charge in [0.05, 0.1) is 12.0 Å². The Morgan fingerprint density at radius 1 is 1.12 bits per heavy atom. The van der Waals surface area contributed by atoms with Crippen LogP contribution < -0.4 is 5.32 Å². The lowest BCUT2D eigenvalue weighted by Gasteiger charge is -2.25. The fourth-order valence-corrected chi connectivity index (χ4v) is 2.57. The summed E-state index contributed by atoms with van der Waals surface area (Å²) in [4.78, 5) is 36.2. The van der Waals surface area contributed by atoms with E-state index in [1.165, 1.54) is 0 Å². The number of hydrogen-bond acceptors (Lipinski definition) is 4. The van der Waals surface area contributed by atoms with Crippen LogP contribution in [0.15, 0.2) is 30.3 Å². The van der Waals surface area contributed by atoms with Gasteiger partial charge in [-0.2, -0.15) is 0 Å². The summed E-state index contributed by atoms with van der Waals surface area (Å²) in [6.07, 6.45) is -0.568. The number of nitrogens with one attached hydrogen (secondary N) is 1. The molecule has 1 amide bonds. The summed E-state index contributed by atoms with van der Waals surface area (Å²) in [6.45, 7) is 8.80. The Kier molecular flexibility index (Phi) is 7.80. The van der Waals surface area contributed by atoms with Crippen molar-refractivity contribution >= 4 is 17.8 Å². The third-order valence-corrected chi connectivity index (χ3v) is 3.81. The molecule has 0 heterocycles. The van der Waals surface area contributed by atoms with Gasteiger partial charge in [0.1, 0.15) is 5.60 Å². The van der Waals surface area contributed by atoms with Crippen LogP contribution in [0.3, 0.4) is 0 Å². The fourth-order valence-electron chi connectivity index (χ4n) is 2.57. The van der Waals surface area contributed by atoms with Gasteiger partial charge < -0.3 is 15.2 Å². The third-order valence-electron chi connectivity index (χ3n) is 3.81. The highest BCUT2D eigenvalue weighted by atomic mass is 16.6. The molecule has 6 heteroatoms. The maximum atomic E-state index is 12.7. The number of alkyl carbamates (subject to hydrolysis) is 1. The number of hydrogen-bond donors (Lipinski definition) is 2. The molecule has 0 aliphatic rings. The van der Waals surface area contributed by atoms with Crippen molar-refractivity contribution in [2.75, 3.05) is 0 Å². The van der Waals surface area contributed by atoms with E-state index in [9.17, 15) is 19.5 Å². The molecule has 6 nitrogen and oxygen atoms in total. The second kappa shape index (κ2) is 9.36. The lowest BCUT2D eigenvalue weighted by Crippen LogP contribution is -2.47. The molecule has 26 heavy (non-hydrogen) atoms. The van der Waals surface area contributed by atoms with Crippen LogP contribution in [0.2, 0.25) is 0 Å². The number of aliphatic carboxylic acids is 1. The molecule has 0 bridgehead atoms. The standard InChI is InChI=1S/C20H29NO5/c1-13(2)17(21-19(25)26-20(3,4)5)16(22)12-15(18(23)24)11-14-9-7-6-8-10-14/h6-10,13,15,17H,11-12H2,1-5H3,(H,21,25)(H,23,24)/t15-,17+/m1/s1. The molecule has 2 atom stereocenters. The number of amides is 1. The number of carboxylic acids is 1. The van der Waals surface area contributed by atoms with Gasteiger partial charge in [-0.3, -0.25) is 9.59 Å². The van der Waals surface area contributed by atoms with E-state index in [2.05, 4.69) is 5.32 Å². The van der Waals surface area contributed by atoms with Gasteiger partial charge in [-0.05, 0) is 38.7 Å². The van der Waals surface area contributed by atoms with Crippen molar-refractivity contribution in [3.8, 4) is 0 Å². The van der Waals surface area contributed by atoms with Crippen molar-refractivity contribution in [2.24, 2.45) is 11.8 Å². The molecule has 0 saturated heterocycles. The smallest absolute Gasteiger partial charge is 0.408 e. The molecular weight excluding hydrogens is 334 g/mol. The molecule has 0 spiro atoms. The molecule has 0 unspecified atom stereocenters. The minimum Gasteiger partial charge on any atom is -0.481 e. The highest BCUT2D eigenvalue weighted by Crippen LogP contribution is 2.17. The van der Waals surface area contributed by atoms with E-state index in [1.807, 2.05) is 30.3 Å². The van der Waals surface area contributed by atoms with Crippen molar-refractivity contribution in [3.63, 3.8) is 0 Å². The number of carbonyl (C=O) groups is 3. The summed E-state index contributed by atoms with van der Waals surface area (Å²) in [5.41, 5.74) is 0.180. The summed E-state index contributed by atoms with van der Waals surface area (Å²) in [5.74, 6) is -2.36.